The molecule has 0 unspecified atom stereocenters. The molecule has 17 heavy (non-hydrogen) atoms. The number of nitrogens with zero attached hydrogens (tertiary/aromatic N) is 2. The molecule has 0 aromatic carbocycles. The zero-order valence-corrected chi connectivity index (χ0v) is 11.2. The molecular formula is C13H26N2O2. The van der Waals surface area contributed by atoms with Gasteiger partial charge in [0.1, 0.15) is 0 Å². The molecule has 1 amide bonds. The van der Waals surface area contributed by atoms with Crippen LogP contribution in [0.25, 0.3) is 0 Å². The molecule has 0 aromatic heterocycles. The SMILES string of the molecule is CCCCN(CC)C(=O)CN1CCC[C@@H]1CO. The number of likely N-dealkylation sites (N-methyl/N-ethyl adjacent to an activating group) is 1. The van der Waals surface area contributed by atoms with E-state index in [9.17, 15) is 9.90 Å². The molecule has 0 aromatic rings. The number of aliphatic hydroxyl groups excluding tert-OH is 1. The first-order valence-electron chi connectivity index (χ1n) is 6.85. The van der Waals surface area contributed by atoms with Gasteiger partial charge in [0.25, 0.3) is 0 Å². The van der Waals surface area contributed by atoms with Crippen LogP contribution in [0.15, 0.2) is 0 Å². The normalized spacial score (nSPS) is 20.8. The molecule has 0 aliphatic carbocycles. The molecule has 0 saturated carbocycles. The van der Waals surface area contributed by atoms with Crippen LogP contribution in [0, 0.1) is 0 Å². The summed E-state index contributed by atoms with van der Waals surface area (Å²) in [5.74, 6) is 0.210. The summed E-state index contributed by atoms with van der Waals surface area (Å²) < 4.78 is 0. The number of carbonyl (C=O) groups is 1. The summed E-state index contributed by atoms with van der Waals surface area (Å²) in [4.78, 5) is 16.1. The highest BCUT2D eigenvalue weighted by Gasteiger charge is 2.26. The molecular weight excluding hydrogens is 216 g/mol. The molecule has 1 aliphatic heterocycles. The van der Waals surface area contributed by atoms with Crippen molar-refractivity contribution in [2.24, 2.45) is 0 Å². The smallest absolute Gasteiger partial charge is 0.236 e. The summed E-state index contributed by atoms with van der Waals surface area (Å²) in [6, 6.07) is 0.198. The van der Waals surface area contributed by atoms with E-state index in [1.807, 2.05) is 11.8 Å². The van der Waals surface area contributed by atoms with Crippen LogP contribution in [-0.4, -0.2) is 59.6 Å². The van der Waals surface area contributed by atoms with Gasteiger partial charge >= 0.3 is 0 Å². The van der Waals surface area contributed by atoms with Gasteiger partial charge in [0.05, 0.1) is 13.2 Å². The molecule has 1 rings (SSSR count). The van der Waals surface area contributed by atoms with Crippen LogP contribution in [0.3, 0.4) is 0 Å². The van der Waals surface area contributed by atoms with Crippen LogP contribution in [-0.2, 0) is 4.79 Å². The van der Waals surface area contributed by atoms with Gasteiger partial charge in [-0.1, -0.05) is 13.3 Å². The maximum atomic E-state index is 12.1. The van der Waals surface area contributed by atoms with E-state index in [0.29, 0.717) is 6.54 Å². The van der Waals surface area contributed by atoms with E-state index >= 15 is 0 Å². The van der Waals surface area contributed by atoms with E-state index in [1.165, 1.54) is 0 Å². The first-order chi connectivity index (χ1) is 8.22. The molecule has 100 valence electrons. The predicted molar refractivity (Wildman–Crippen MR) is 68.8 cm³/mol. The lowest BCUT2D eigenvalue weighted by Gasteiger charge is -2.27. The number of amides is 1. The van der Waals surface area contributed by atoms with Crippen molar-refractivity contribution in [1.29, 1.82) is 0 Å². The Balaban J connectivity index is 2.40. The minimum atomic E-state index is 0.175. The Morgan fingerprint density at radius 2 is 2.24 bits per heavy atom. The number of likely N-dealkylation sites (tertiary alicyclic amines) is 1. The van der Waals surface area contributed by atoms with Gasteiger partial charge in [0, 0.05) is 19.1 Å². The van der Waals surface area contributed by atoms with E-state index in [1.54, 1.807) is 0 Å². The van der Waals surface area contributed by atoms with Crippen molar-refractivity contribution in [2.45, 2.75) is 45.6 Å². The molecule has 1 atom stereocenters. The van der Waals surface area contributed by atoms with Crippen molar-refractivity contribution in [3.8, 4) is 0 Å². The Morgan fingerprint density at radius 3 is 2.82 bits per heavy atom. The minimum Gasteiger partial charge on any atom is -0.395 e. The largest absolute Gasteiger partial charge is 0.395 e. The fourth-order valence-electron chi connectivity index (χ4n) is 2.39. The van der Waals surface area contributed by atoms with Crippen LogP contribution < -0.4 is 0 Å². The van der Waals surface area contributed by atoms with E-state index in [-0.39, 0.29) is 18.6 Å². The molecule has 4 heteroatoms. The number of unbranched alkanes of at least 4 members (excludes halogenated alkanes) is 1. The molecule has 1 fully saturated rings. The van der Waals surface area contributed by atoms with Crippen molar-refractivity contribution < 1.29 is 9.90 Å². The average Bonchev–Trinajstić information content (AvgIpc) is 2.77. The maximum absolute atomic E-state index is 12.1. The summed E-state index contributed by atoms with van der Waals surface area (Å²) in [5.41, 5.74) is 0. The lowest BCUT2D eigenvalue weighted by atomic mass is 10.2. The van der Waals surface area contributed by atoms with Gasteiger partial charge in [-0.3, -0.25) is 9.69 Å². The van der Waals surface area contributed by atoms with Crippen molar-refractivity contribution >= 4 is 5.91 Å². The van der Waals surface area contributed by atoms with Crippen molar-refractivity contribution in [3.05, 3.63) is 0 Å². The number of aliphatic hydroxyl groups is 1. The third-order valence-corrected chi connectivity index (χ3v) is 3.56. The molecule has 4 nitrogen and oxygen atoms in total. The third-order valence-electron chi connectivity index (χ3n) is 3.56. The first kappa shape index (κ1) is 14.5. The van der Waals surface area contributed by atoms with Crippen molar-refractivity contribution in [1.82, 2.24) is 9.80 Å². The number of hydrogen-bond donors (Lipinski definition) is 1. The highest BCUT2D eigenvalue weighted by Crippen LogP contribution is 2.16. The van der Waals surface area contributed by atoms with Crippen LogP contribution in [0.1, 0.15) is 39.5 Å². The van der Waals surface area contributed by atoms with Crippen LogP contribution in [0.5, 0.6) is 0 Å². The van der Waals surface area contributed by atoms with E-state index in [4.69, 9.17) is 0 Å². The zero-order chi connectivity index (χ0) is 12.7. The lowest BCUT2D eigenvalue weighted by molar-refractivity contribution is -0.132. The summed E-state index contributed by atoms with van der Waals surface area (Å²) in [6.45, 7) is 7.42. The van der Waals surface area contributed by atoms with Gasteiger partial charge < -0.3 is 10.0 Å². The Hall–Kier alpha value is -0.610. The maximum Gasteiger partial charge on any atom is 0.236 e. The predicted octanol–water partition coefficient (Wildman–Crippen LogP) is 1.09. The number of hydrogen-bond acceptors (Lipinski definition) is 3. The van der Waals surface area contributed by atoms with E-state index in [2.05, 4.69) is 11.8 Å². The second kappa shape index (κ2) is 7.67. The molecule has 1 saturated heterocycles. The fourth-order valence-corrected chi connectivity index (χ4v) is 2.39. The molecule has 1 aliphatic rings. The van der Waals surface area contributed by atoms with Crippen LogP contribution in [0.2, 0.25) is 0 Å². The van der Waals surface area contributed by atoms with E-state index in [0.717, 1.165) is 45.3 Å². The minimum absolute atomic E-state index is 0.175. The Bertz CT molecular complexity index is 233. The Kier molecular flexibility index (Phi) is 6.52. The topological polar surface area (TPSA) is 43.8 Å². The molecule has 1 heterocycles. The highest BCUT2D eigenvalue weighted by atomic mass is 16.3. The molecule has 1 N–H and O–H groups in total. The fraction of sp³-hybridized carbons (Fsp3) is 0.923. The molecule has 0 radical (unpaired) electrons. The monoisotopic (exact) mass is 242 g/mol. The Labute approximate surface area is 105 Å². The molecule has 0 spiro atoms. The lowest BCUT2D eigenvalue weighted by Crippen LogP contribution is -2.43. The Morgan fingerprint density at radius 1 is 1.47 bits per heavy atom. The van der Waals surface area contributed by atoms with Crippen molar-refractivity contribution in [2.75, 3.05) is 32.8 Å². The van der Waals surface area contributed by atoms with Crippen molar-refractivity contribution in [3.63, 3.8) is 0 Å². The van der Waals surface area contributed by atoms with Crippen LogP contribution in [0.4, 0.5) is 0 Å². The summed E-state index contributed by atoms with van der Waals surface area (Å²) in [5, 5.41) is 9.22. The average molecular weight is 242 g/mol. The van der Waals surface area contributed by atoms with Crippen LogP contribution >= 0.6 is 0 Å². The van der Waals surface area contributed by atoms with E-state index < -0.39 is 0 Å². The zero-order valence-electron chi connectivity index (χ0n) is 11.2. The first-order valence-corrected chi connectivity index (χ1v) is 6.85. The quantitative estimate of drug-likeness (QED) is 0.727. The standard InChI is InChI=1S/C13H26N2O2/c1-3-5-8-14(4-2)13(17)10-15-9-6-7-12(15)11-16/h12,16H,3-11H2,1-2H3/t12-/m1/s1. The van der Waals surface area contributed by atoms with Gasteiger partial charge in [-0.15, -0.1) is 0 Å². The van der Waals surface area contributed by atoms with Gasteiger partial charge in [-0.2, -0.15) is 0 Å². The number of rotatable bonds is 7. The highest BCUT2D eigenvalue weighted by molar-refractivity contribution is 5.78. The molecule has 0 bridgehead atoms. The number of carbonyl (C=O) groups excluding carboxylic acids is 1. The summed E-state index contributed by atoms with van der Waals surface area (Å²) >= 11 is 0. The third kappa shape index (κ3) is 4.28. The van der Waals surface area contributed by atoms with Gasteiger partial charge in [0.2, 0.25) is 5.91 Å². The van der Waals surface area contributed by atoms with Gasteiger partial charge in [-0.05, 0) is 32.7 Å². The van der Waals surface area contributed by atoms with Gasteiger partial charge in [-0.25, -0.2) is 0 Å². The summed E-state index contributed by atoms with van der Waals surface area (Å²) in [6.07, 6.45) is 4.31. The second-order valence-electron chi connectivity index (χ2n) is 4.78. The second-order valence-corrected chi connectivity index (χ2v) is 4.78. The van der Waals surface area contributed by atoms with Gasteiger partial charge in [0.15, 0.2) is 0 Å². The summed E-state index contributed by atoms with van der Waals surface area (Å²) in [7, 11) is 0.